The molecule has 0 amide bonds. The molecule has 4 nitrogen and oxygen atoms in total. The summed E-state index contributed by atoms with van der Waals surface area (Å²) in [6.45, 7) is 7.40. The molecular formula is C16H17N3O. The van der Waals surface area contributed by atoms with Crippen LogP contribution in [0.5, 0.6) is 0 Å². The first-order chi connectivity index (χ1) is 9.70. The van der Waals surface area contributed by atoms with Crippen molar-refractivity contribution in [3.05, 3.63) is 48.0 Å². The van der Waals surface area contributed by atoms with Crippen molar-refractivity contribution in [1.82, 2.24) is 4.98 Å². The minimum absolute atomic E-state index is 0.545. The lowest BCUT2D eigenvalue weighted by molar-refractivity contribution is 0.167. The summed E-state index contributed by atoms with van der Waals surface area (Å²) in [5.41, 5.74) is 2.41. The molecule has 0 aliphatic carbocycles. The number of rotatable bonds is 6. The van der Waals surface area contributed by atoms with Crippen molar-refractivity contribution in [3.63, 3.8) is 0 Å². The van der Waals surface area contributed by atoms with E-state index in [9.17, 15) is 5.26 Å². The molecule has 1 aromatic heterocycles. The molecule has 0 spiro atoms. The smallest absolute Gasteiger partial charge is 0.144 e. The van der Waals surface area contributed by atoms with Gasteiger partial charge in [-0.05, 0) is 19.1 Å². The lowest BCUT2D eigenvalue weighted by atomic mass is 10.1. The third-order valence-corrected chi connectivity index (χ3v) is 2.73. The van der Waals surface area contributed by atoms with Gasteiger partial charge in [0.25, 0.3) is 0 Å². The zero-order valence-corrected chi connectivity index (χ0v) is 11.5. The van der Waals surface area contributed by atoms with E-state index in [1.54, 1.807) is 0 Å². The lowest BCUT2D eigenvalue weighted by Crippen LogP contribution is -2.12. The Balaban J connectivity index is 2.05. The number of nitrogens with one attached hydrogen (secondary N) is 1. The number of benzene rings is 1. The second-order valence-electron chi connectivity index (χ2n) is 4.63. The van der Waals surface area contributed by atoms with Crippen LogP contribution in [0.25, 0.3) is 10.9 Å². The van der Waals surface area contributed by atoms with Gasteiger partial charge in [-0.2, -0.15) is 5.26 Å². The SMILES string of the molecule is C=C(C)COCCNc1nc2ccccc2cc1C#N. The van der Waals surface area contributed by atoms with Gasteiger partial charge in [-0.1, -0.05) is 30.4 Å². The Morgan fingerprint density at radius 1 is 1.45 bits per heavy atom. The van der Waals surface area contributed by atoms with E-state index in [2.05, 4.69) is 22.9 Å². The van der Waals surface area contributed by atoms with E-state index >= 15 is 0 Å². The topological polar surface area (TPSA) is 57.9 Å². The average molecular weight is 267 g/mol. The average Bonchev–Trinajstić information content (AvgIpc) is 2.45. The molecule has 1 aromatic carbocycles. The van der Waals surface area contributed by atoms with Crippen molar-refractivity contribution >= 4 is 16.7 Å². The first-order valence-corrected chi connectivity index (χ1v) is 6.46. The van der Waals surface area contributed by atoms with Crippen molar-refractivity contribution in [2.45, 2.75) is 6.92 Å². The van der Waals surface area contributed by atoms with E-state index in [4.69, 9.17) is 4.74 Å². The Kier molecular flexibility index (Phi) is 4.70. The summed E-state index contributed by atoms with van der Waals surface area (Å²) < 4.78 is 5.41. The van der Waals surface area contributed by atoms with Crippen LogP contribution in [0, 0.1) is 11.3 Å². The fraction of sp³-hybridized carbons (Fsp3) is 0.250. The standard InChI is InChI=1S/C16H17N3O/c1-12(2)11-20-8-7-18-16-14(10-17)9-13-5-3-4-6-15(13)19-16/h3-6,9H,1,7-8,11H2,2H3,(H,18,19). The number of pyridine rings is 1. The van der Waals surface area contributed by atoms with E-state index in [0.29, 0.717) is 31.1 Å². The molecule has 0 aliphatic heterocycles. The molecule has 0 saturated carbocycles. The summed E-state index contributed by atoms with van der Waals surface area (Å²) in [5.74, 6) is 0.602. The van der Waals surface area contributed by atoms with Gasteiger partial charge in [0.05, 0.1) is 24.3 Å². The van der Waals surface area contributed by atoms with Crippen molar-refractivity contribution < 1.29 is 4.74 Å². The number of hydrogen-bond donors (Lipinski definition) is 1. The highest BCUT2D eigenvalue weighted by Gasteiger charge is 2.05. The van der Waals surface area contributed by atoms with Crippen molar-refractivity contribution in [3.8, 4) is 6.07 Å². The molecule has 1 heterocycles. The molecule has 2 aromatic rings. The fourth-order valence-electron chi connectivity index (χ4n) is 1.82. The van der Waals surface area contributed by atoms with Crippen molar-refractivity contribution in [2.24, 2.45) is 0 Å². The van der Waals surface area contributed by atoms with Crippen LogP contribution in [0.2, 0.25) is 0 Å². The number of hydrogen-bond acceptors (Lipinski definition) is 4. The third-order valence-electron chi connectivity index (χ3n) is 2.73. The van der Waals surface area contributed by atoms with Crippen LogP contribution in [-0.4, -0.2) is 24.7 Å². The van der Waals surface area contributed by atoms with Gasteiger partial charge in [0, 0.05) is 11.9 Å². The van der Waals surface area contributed by atoms with Crippen molar-refractivity contribution in [1.29, 1.82) is 5.26 Å². The molecule has 0 bridgehead atoms. The predicted octanol–water partition coefficient (Wildman–Crippen LogP) is 3.11. The largest absolute Gasteiger partial charge is 0.375 e. The minimum Gasteiger partial charge on any atom is -0.375 e. The number of aromatic nitrogens is 1. The molecule has 0 aliphatic rings. The van der Waals surface area contributed by atoms with Crippen LogP contribution in [0.15, 0.2) is 42.5 Å². The summed E-state index contributed by atoms with van der Waals surface area (Å²) in [4.78, 5) is 4.47. The Bertz CT molecular complexity index is 658. The van der Waals surface area contributed by atoms with E-state index < -0.39 is 0 Å². The Labute approximate surface area is 118 Å². The molecule has 0 fully saturated rings. The summed E-state index contributed by atoms with van der Waals surface area (Å²) in [6, 6.07) is 11.8. The van der Waals surface area contributed by atoms with Crippen LogP contribution in [0.4, 0.5) is 5.82 Å². The Morgan fingerprint density at radius 3 is 3.00 bits per heavy atom. The number of nitrogens with zero attached hydrogens (tertiary/aromatic N) is 2. The highest BCUT2D eigenvalue weighted by molar-refractivity contribution is 5.82. The molecule has 0 atom stereocenters. The fourth-order valence-corrected chi connectivity index (χ4v) is 1.82. The van der Waals surface area contributed by atoms with Gasteiger partial charge >= 0.3 is 0 Å². The zero-order valence-electron chi connectivity index (χ0n) is 11.5. The van der Waals surface area contributed by atoms with Gasteiger partial charge in [-0.25, -0.2) is 4.98 Å². The van der Waals surface area contributed by atoms with E-state index in [0.717, 1.165) is 16.5 Å². The molecule has 4 heteroatoms. The number of anilines is 1. The summed E-state index contributed by atoms with van der Waals surface area (Å²) in [6.07, 6.45) is 0. The monoisotopic (exact) mass is 267 g/mol. The van der Waals surface area contributed by atoms with Gasteiger partial charge in [-0.3, -0.25) is 0 Å². The maximum atomic E-state index is 9.18. The number of para-hydroxylation sites is 1. The summed E-state index contributed by atoms with van der Waals surface area (Å²) in [7, 11) is 0. The minimum atomic E-state index is 0.545. The van der Waals surface area contributed by atoms with Crippen LogP contribution in [-0.2, 0) is 4.74 Å². The van der Waals surface area contributed by atoms with E-state index in [1.165, 1.54) is 0 Å². The normalized spacial score (nSPS) is 10.2. The highest BCUT2D eigenvalue weighted by atomic mass is 16.5. The molecule has 0 saturated heterocycles. The molecule has 2 rings (SSSR count). The first-order valence-electron chi connectivity index (χ1n) is 6.46. The maximum Gasteiger partial charge on any atom is 0.144 e. The molecule has 0 unspecified atom stereocenters. The van der Waals surface area contributed by atoms with Gasteiger partial charge in [0.1, 0.15) is 11.9 Å². The molecular weight excluding hydrogens is 250 g/mol. The second-order valence-corrected chi connectivity index (χ2v) is 4.63. The molecule has 20 heavy (non-hydrogen) atoms. The number of nitriles is 1. The van der Waals surface area contributed by atoms with Gasteiger partial charge in [-0.15, -0.1) is 0 Å². The van der Waals surface area contributed by atoms with Crippen LogP contribution in [0.1, 0.15) is 12.5 Å². The zero-order chi connectivity index (χ0) is 14.4. The van der Waals surface area contributed by atoms with Crippen LogP contribution < -0.4 is 5.32 Å². The van der Waals surface area contributed by atoms with Crippen LogP contribution >= 0.6 is 0 Å². The lowest BCUT2D eigenvalue weighted by Gasteiger charge is -2.09. The van der Waals surface area contributed by atoms with Gasteiger partial charge in [0.15, 0.2) is 0 Å². The summed E-state index contributed by atoms with van der Waals surface area (Å²) in [5, 5.41) is 13.3. The maximum absolute atomic E-state index is 9.18. The highest BCUT2D eigenvalue weighted by Crippen LogP contribution is 2.19. The molecule has 102 valence electrons. The second kappa shape index (κ2) is 6.69. The van der Waals surface area contributed by atoms with Gasteiger partial charge < -0.3 is 10.1 Å². The van der Waals surface area contributed by atoms with Crippen LogP contribution in [0.3, 0.4) is 0 Å². The van der Waals surface area contributed by atoms with E-state index in [-0.39, 0.29) is 0 Å². The third kappa shape index (κ3) is 3.56. The molecule has 1 N–H and O–H groups in total. The Hall–Kier alpha value is -2.38. The van der Waals surface area contributed by atoms with Gasteiger partial charge in [0.2, 0.25) is 0 Å². The van der Waals surface area contributed by atoms with Crippen molar-refractivity contribution in [2.75, 3.05) is 25.1 Å². The number of fused-ring (bicyclic) bond motifs is 1. The predicted molar refractivity (Wildman–Crippen MR) is 80.6 cm³/mol. The molecule has 0 radical (unpaired) electrons. The summed E-state index contributed by atoms with van der Waals surface area (Å²) >= 11 is 0. The number of ether oxygens (including phenoxy) is 1. The first kappa shape index (κ1) is 14.0. The Morgan fingerprint density at radius 2 is 2.25 bits per heavy atom. The van der Waals surface area contributed by atoms with E-state index in [1.807, 2.05) is 37.3 Å². The quantitative estimate of drug-likeness (QED) is 0.645.